The Hall–Kier alpha value is -0.920. The molecule has 1 rings (SSSR count). The van der Waals surface area contributed by atoms with E-state index in [0.29, 0.717) is 35.8 Å². The lowest BCUT2D eigenvalue weighted by atomic mass is 10.3. The fraction of sp³-hybridized carbons (Fsp3) is 0.750. The maximum Gasteiger partial charge on any atom is 0.246 e. The van der Waals surface area contributed by atoms with Gasteiger partial charge in [0.15, 0.2) is 0 Å². The highest BCUT2D eigenvalue weighted by molar-refractivity contribution is 7.89. The van der Waals surface area contributed by atoms with E-state index in [2.05, 4.69) is 5.10 Å². The third-order valence-corrected chi connectivity index (χ3v) is 5.50. The van der Waals surface area contributed by atoms with Gasteiger partial charge < -0.3 is 5.73 Å². The van der Waals surface area contributed by atoms with Gasteiger partial charge in [0, 0.05) is 19.6 Å². The van der Waals surface area contributed by atoms with Crippen molar-refractivity contribution in [2.45, 2.75) is 45.1 Å². The van der Waals surface area contributed by atoms with Crippen molar-refractivity contribution in [2.75, 3.05) is 13.1 Å². The molecule has 0 spiro atoms. The molecule has 1 heterocycles. The van der Waals surface area contributed by atoms with Crippen LogP contribution in [0.3, 0.4) is 0 Å². The first-order valence-electron chi connectivity index (χ1n) is 6.45. The fourth-order valence-corrected chi connectivity index (χ4v) is 4.23. The Bertz CT molecular complexity index is 534. The number of nitrogens with zero attached hydrogens (tertiary/aromatic N) is 3. The Morgan fingerprint density at radius 3 is 2.32 bits per heavy atom. The Labute approximate surface area is 115 Å². The standard InChI is InChI=1S/C12H24N4O2S/c1-9(2)16(8-6-7-13)19(17,18)12-10(3)14-15(5)11(12)4/h9H,6-8,13H2,1-5H3. The summed E-state index contributed by atoms with van der Waals surface area (Å²) < 4.78 is 28.6. The lowest BCUT2D eigenvalue weighted by Crippen LogP contribution is -2.38. The van der Waals surface area contributed by atoms with E-state index in [1.165, 1.54) is 4.31 Å². The Kier molecular flexibility index (Phi) is 5.11. The van der Waals surface area contributed by atoms with Gasteiger partial charge in [0.25, 0.3) is 0 Å². The van der Waals surface area contributed by atoms with Crippen LogP contribution in [0, 0.1) is 13.8 Å². The van der Waals surface area contributed by atoms with Crippen LogP contribution in [0.2, 0.25) is 0 Å². The minimum atomic E-state index is -3.52. The summed E-state index contributed by atoms with van der Waals surface area (Å²) >= 11 is 0. The molecule has 110 valence electrons. The van der Waals surface area contributed by atoms with E-state index in [-0.39, 0.29) is 6.04 Å². The molecule has 1 aromatic heterocycles. The molecule has 0 saturated carbocycles. The van der Waals surface area contributed by atoms with Crippen molar-refractivity contribution in [3.63, 3.8) is 0 Å². The average molecular weight is 288 g/mol. The normalized spacial score (nSPS) is 12.6. The molecule has 2 N–H and O–H groups in total. The van der Waals surface area contributed by atoms with Crippen molar-refractivity contribution in [2.24, 2.45) is 12.8 Å². The van der Waals surface area contributed by atoms with E-state index in [1.807, 2.05) is 13.8 Å². The van der Waals surface area contributed by atoms with Gasteiger partial charge in [-0.2, -0.15) is 9.40 Å². The minimum Gasteiger partial charge on any atom is -0.330 e. The number of sulfonamides is 1. The summed E-state index contributed by atoms with van der Waals surface area (Å²) in [6.45, 7) is 8.15. The van der Waals surface area contributed by atoms with Crippen LogP contribution in [0.15, 0.2) is 4.90 Å². The maximum absolute atomic E-state index is 12.8. The van der Waals surface area contributed by atoms with Gasteiger partial charge >= 0.3 is 0 Å². The van der Waals surface area contributed by atoms with Gasteiger partial charge in [-0.1, -0.05) is 0 Å². The predicted octanol–water partition coefficient (Wildman–Crippen LogP) is 0.785. The lowest BCUT2D eigenvalue weighted by Gasteiger charge is -2.25. The first-order chi connectivity index (χ1) is 8.73. The Morgan fingerprint density at radius 1 is 1.37 bits per heavy atom. The summed E-state index contributed by atoms with van der Waals surface area (Å²) in [6.07, 6.45) is 0.649. The van der Waals surface area contributed by atoms with Gasteiger partial charge in [0.05, 0.1) is 11.4 Å². The largest absolute Gasteiger partial charge is 0.330 e. The second-order valence-electron chi connectivity index (χ2n) is 4.98. The molecule has 1 aromatic rings. The van der Waals surface area contributed by atoms with E-state index in [9.17, 15) is 8.42 Å². The molecule has 0 saturated heterocycles. The summed E-state index contributed by atoms with van der Waals surface area (Å²) in [5.41, 5.74) is 6.69. The highest BCUT2D eigenvalue weighted by atomic mass is 32.2. The SMILES string of the molecule is Cc1nn(C)c(C)c1S(=O)(=O)N(CCCN)C(C)C. The number of rotatable bonds is 6. The van der Waals surface area contributed by atoms with Gasteiger partial charge in [-0.3, -0.25) is 4.68 Å². The van der Waals surface area contributed by atoms with E-state index < -0.39 is 10.0 Å². The molecule has 7 heteroatoms. The molecule has 0 bridgehead atoms. The van der Waals surface area contributed by atoms with Gasteiger partial charge in [0.2, 0.25) is 10.0 Å². The van der Waals surface area contributed by atoms with Crippen LogP contribution in [-0.2, 0) is 17.1 Å². The molecule has 0 unspecified atom stereocenters. The molecule has 0 aliphatic heterocycles. The zero-order chi connectivity index (χ0) is 14.8. The number of hydrogen-bond acceptors (Lipinski definition) is 4. The van der Waals surface area contributed by atoms with Crippen LogP contribution in [0.25, 0.3) is 0 Å². The molecular weight excluding hydrogens is 264 g/mol. The number of nitrogens with two attached hydrogens (primary N) is 1. The van der Waals surface area contributed by atoms with E-state index >= 15 is 0 Å². The molecule has 0 atom stereocenters. The zero-order valence-electron chi connectivity index (χ0n) is 12.3. The molecular formula is C12H24N4O2S. The number of aryl methyl sites for hydroxylation is 2. The van der Waals surface area contributed by atoms with Crippen molar-refractivity contribution in [3.05, 3.63) is 11.4 Å². The summed E-state index contributed by atoms with van der Waals surface area (Å²) in [6, 6.07) is -0.101. The highest BCUT2D eigenvalue weighted by Crippen LogP contribution is 2.24. The van der Waals surface area contributed by atoms with Gasteiger partial charge in [-0.15, -0.1) is 0 Å². The van der Waals surface area contributed by atoms with Crippen molar-refractivity contribution >= 4 is 10.0 Å². The van der Waals surface area contributed by atoms with Gasteiger partial charge in [0.1, 0.15) is 4.90 Å². The molecule has 0 radical (unpaired) electrons. The molecule has 0 aliphatic rings. The van der Waals surface area contributed by atoms with E-state index in [1.54, 1.807) is 25.6 Å². The Morgan fingerprint density at radius 2 is 1.95 bits per heavy atom. The van der Waals surface area contributed by atoms with Gasteiger partial charge in [-0.05, 0) is 40.7 Å². The predicted molar refractivity (Wildman–Crippen MR) is 75.4 cm³/mol. The molecule has 0 amide bonds. The Balaban J connectivity index is 3.27. The molecule has 6 nitrogen and oxygen atoms in total. The van der Waals surface area contributed by atoms with Crippen LogP contribution < -0.4 is 5.73 Å². The van der Waals surface area contributed by atoms with Crippen LogP contribution in [0.1, 0.15) is 31.7 Å². The maximum atomic E-state index is 12.8. The second kappa shape index (κ2) is 6.02. The van der Waals surface area contributed by atoms with E-state index in [4.69, 9.17) is 5.73 Å². The highest BCUT2D eigenvalue weighted by Gasteiger charge is 2.31. The van der Waals surface area contributed by atoms with Crippen molar-refractivity contribution in [1.82, 2.24) is 14.1 Å². The third-order valence-electron chi connectivity index (χ3n) is 3.17. The second-order valence-corrected chi connectivity index (χ2v) is 6.80. The molecule has 0 aliphatic carbocycles. The smallest absolute Gasteiger partial charge is 0.246 e. The van der Waals surface area contributed by atoms with Crippen LogP contribution >= 0.6 is 0 Å². The summed E-state index contributed by atoms with van der Waals surface area (Å²) in [7, 11) is -1.77. The van der Waals surface area contributed by atoms with E-state index in [0.717, 1.165) is 0 Å². The topological polar surface area (TPSA) is 81.2 Å². The van der Waals surface area contributed by atoms with Crippen molar-refractivity contribution < 1.29 is 8.42 Å². The summed E-state index contributed by atoms with van der Waals surface area (Å²) in [5, 5.41) is 4.19. The minimum absolute atomic E-state index is 0.101. The third kappa shape index (κ3) is 3.16. The number of hydrogen-bond donors (Lipinski definition) is 1. The molecule has 0 aromatic carbocycles. The zero-order valence-corrected chi connectivity index (χ0v) is 13.2. The first-order valence-corrected chi connectivity index (χ1v) is 7.89. The average Bonchev–Trinajstić information content (AvgIpc) is 2.52. The van der Waals surface area contributed by atoms with Crippen LogP contribution in [0.4, 0.5) is 0 Å². The fourth-order valence-electron chi connectivity index (χ4n) is 2.15. The van der Waals surface area contributed by atoms with Crippen LogP contribution in [-0.4, -0.2) is 41.6 Å². The summed E-state index contributed by atoms with van der Waals surface area (Å²) in [4.78, 5) is 0.320. The monoisotopic (exact) mass is 288 g/mol. The number of aromatic nitrogens is 2. The first kappa shape index (κ1) is 16.1. The van der Waals surface area contributed by atoms with Gasteiger partial charge in [-0.25, -0.2) is 8.42 Å². The lowest BCUT2D eigenvalue weighted by molar-refractivity contribution is 0.350. The summed E-state index contributed by atoms with van der Waals surface area (Å²) in [5.74, 6) is 0. The van der Waals surface area contributed by atoms with Crippen molar-refractivity contribution in [3.8, 4) is 0 Å². The van der Waals surface area contributed by atoms with Crippen LogP contribution in [0.5, 0.6) is 0 Å². The quantitative estimate of drug-likeness (QED) is 0.839. The molecule has 19 heavy (non-hydrogen) atoms. The molecule has 0 fully saturated rings. The van der Waals surface area contributed by atoms with Crippen molar-refractivity contribution in [1.29, 1.82) is 0 Å².